The van der Waals surface area contributed by atoms with Gasteiger partial charge in [0.05, 0.1) is 5.92 Å². The Morgan fingerprint density at radius 3 is 1.97 bits per heavy atom. The Morgan fingerprint density at radius 2 is 1.48 bits per heavy atom. The molecule has 3 rings (SSSR count). The molecule has 0 heterocycles. The van der Waals surface area contributed by atoms with Crippen LogP contribution in [-0.4, -0.2) is 41.3 Å². The number of amides is 2. The van der Waals surface area contributed by atoms with E-state index in [1.807, 2.05) is 36.4 Å². The van der Waals surface area contributed by atoms with E-state index in [1.54, 1.807) is 20.8 Å². The number of fused-ring (bicyclic) bond motifs is 3. The van der Waals surface area contributed by atoms with Gasteiger partial charge in [0.25, 0.3) is 0 Å². The highest BCUT2D eigenvalue weighted by atomic mass is 16.5. The summed E-state index contributed by atoms with van der Waals surface area (Å²) in [4.78, 5) is 37.0. The van der Waals surface area contributed by atoms with E-state index in [1.165, 1.54) is 6.92 Å². The van der Waals surface area contributed by atoms with Crippen molar-refractivity contribution in [2.45, 2.75) is 58.0 Å². The average Bonchev–Trinajstić information content (AvgIpc) is 3.14. The maximum Gasteiger partial charge on any atom is 0.408 e. The predicted octanol–water partition coefficient (Wildman–Crippen LogP) is 4.31. The molecule has 2 amide bonds. The summed E-state index contributed by atoms with van der Waals surface area (Å²) < 4.78 is 5.62. The molecule has 0 fully saturated rings. The molecular weight excluding hydrogens is 420 g/mol. The number of ether oxygens (including phenoxy) is 1. The highest BCUT2D eigenvalue weighted by Crippen LogP contribution is 2.44. The smallest absolute Gasteiger partial charge is 0.408 e. The minimum Gasteiger partial charge on any atom is -0.481 e. The number of rotatable bonds is 9. The van der Waals surface area contributed by atoms with Gasteiger partial charge >= 0.3 is 12.1 Å². The van der Waals surface area contributed by atoms with Crippen LogP contribution in [0.5, 0.6) is 0 Å². The summed E-state index contributed by atoms with van der Waals surface area (Å²) in [6.45, 7) is 6.93. The van der Waals surface area contributed by atoms with E-state index in [9.17, 15) is 19.5 Å². The Kier molecular flexibility index (Phi) is 7.41. The van der Waals surface area contributed by atoms with Gasteiger partial charge in [0.15, 0.2) is 0 Å². The summed E-state index contributed by atoms with van der Waals surface area (Å²) in [5, 5.41) is 14.7. The standard InChI is InChI=1S/C26H32N2O5/c1-5-26(6-2,24(31)27-17(4)16(3)23(29)30)28-25(32)33-15-22-20-13-9-7-11-18(20)19-12-8-10-14-21(19)22/h7-14,16-17,22H,5-6,15H2,1-4H3,(H,27,31)(H,28,32)(H,29,30). The molecule has 2 aromatic rings. The van der Waals surface area contributed by atoms with Crippen LogP contribution >= 0.6 is 0 Å². The molecule has 0 saturated carbocycles. The van der Waals surface area contributed by atoms with Gasteiger partial charge in [0.1, 0.15) is 12.1 Å². The van der Waals surface area contributed by atoms with Gasteiger partial charge in [-0.3, -0.25) is 9.59 Å². The maximum atomic E-state index is 13.0. The summed E-state index contributed by atoms with van der Waals surface area (Å²) in [6, 6.07) is 15.6. The number of aliphatic carboxylic acids is 1. The zero-order chi connectivity index (χ0) is 24.2. The molecule has 7 nitrogen and oxygen atoms in total. The molecule has 0 saturated heterocycles. The first-order valence-electron chi connectivity index (χ1n) is 11.4. The van der Waals surface area contributed by atoms with E-state index in [0.717, 1.165) is 22.3 Å². The quantitative estimate of drug-likeness (QED) is 0.526. The lowest BCUT2D eigenvalue weighted by Crippen LogP contribution is -2.60. The normalized spacial score (nSPS) is 14.5. The zero-order valence-electron chi connectivity index (χ0n) is 19.6. The molecule has 33 heavy (non-hydrogen) atoms. The number of hydrogen-bond acceptors (Lipinski definition) is 4. The zero-order valence-corrected chi connectivity index (χ0v) is 19.6. The Balaban J connectivity index is 1.70. The van der Waals surface area contributed by atoms with E-state index >= 15 is 0 Å². The summed E-state index contributed by atoms with van der Waals surface area (Å²) in [7, 11) is 0. The van der Waals surface area contributed by atoms with Crippen molar-refractivity contribution in [3.05, 3.63) is 59.7 Å². The number of carboxylic acids is 1. The third kappa shape index (κ3) is 4.87. The fourth-order valence-electron chi connectivity index (χ4n) is 4.32. The number of hydrogen-bond donors (Lipinski definition) is 3. The lowest BCUT2D eigenvalue weighted by molar-refractivity contribution is -0.142. The highest BCUT2D eigenvalue weighted by molar-refractivity contribution is 5.90. The SMILES string of the molecule is CCC(CC)(NC(=O)OCC1c2ccccc2-c2ccccc21)C(=O)NC(C)C(C)C(=O)O. The van der Waals surface area contributed by atoms with Crippen molar-refractivity contribution in [2.24, 2.45) is 5.92 Å². The summed E-state index contributed by atoms with van der Waals surface area (Å²) in [5.41, 5.74) is 3.31. The van der Waals surface area contributed by atoms with Gasteiger partial charge in [-0.15, -0.1) is 0 Å². The number of alkyl carbamates (subject to hydrolysis) is 1. The lowest BCUT2D eigenvalue weighted by Gasteiger charge is -2.33. The van der Waals surface area contributed by atoms with Crippen molar-refractivity contribution >= 4 is 18.0 Å². The lowest BCUT2D eigenvalue weighted by atomic mass is 9.90. The van der Waals surface area contributed by atoms with Crippen LogP contribution in [0.3, 0.4) is 0 Å². The third-order valence-corrected chi connectivity index (χ3v) is 6.83. The first kappa shape index (κ1) is 24.3. The molecular formula is C26H32N2O5. The number of nitrogens with one attached hydrogen (secondary N) is 2. The van der Waals surface area contributed by atoms with Crippen LogP contribution in [0.4, 0.5) is 4.79 Å². The van der Waals surface area contributed by atoms with Gasteiger partial charge in [-0.05, 0) is 48.9 Å². The van der Waals surface area contributed by atoms with E-state index in [0.29, 0.717) is 12.8 Å². The second kappa shape index (κ2) is 10.1. The Morgan fingerprint density at radius 1 is 0.970 bits per heavy atom. The summed E-state index contributed by atoms with van der Waals surface area (Å²) in [5.74, 6) is -2.24. The largest absolute Gasteiger partial charge is 0.481 e. The number of carbonyl (C=O) groups is 3. The molecule has 3 N–H and O–H groups in total. The van der Waals surface area contributed by atoms with Crippen LogP contribution in [0.25, 0.3) is 11.1 Å². The van der Waals surface area contributed by atoms with E-state index in [-0.39, 0.29) is 12.5 Å². The first-order chi connectivity index (χ1) is 15.7. The Hall–Kier alpha value is -3.35. The van der Waals surface area contributed by atoms with Crippen LogP contribution in [0.15, 0.2) is 48.5 Å². The molecule has 0 aliphatic heterocycles. The molecule has 1 aliphatic rings. The van der Waals surface area contributed by atoms with Gasteiger partial charge in [-0.25, -0.2) is 4.79 Å². The molecule has 0 radical (unpaired) electrons. The minimum absolute atomic E-state index is 0.0777. The molecule has 2 unspecified atom stereocenters. The summed E-state index contributed by atoms with van der Waals surface area (Å²) in [6.07, 6.45) is 0.0103. The van der Waals surface area contributed by atoms with Gasteiger partial charge in [0, 0.05) is 12.0 Å². The Labute approximate surface area is 194 Å². The monoisotopic (exact) mass is 452 g/mol. The van der Waals surface area contributed by atoms with Crippen molar-refractivity contribution in [2.75, 3.05) is 6.61 Å². The van der Waals surface area contributed by atoms with Gasteiger partial charge < -0.3 is 20.5 Å². The van der Waals surface area contributed by atoms with Crippen molar-refractivity contribution in [1.29, 1.82) is 0 Å². The predicted molar refractivity (Wildman–Crippen MR) is 126 cm³/mol. The number of carboxylic acid groups (broad SMARTS) is 1. The second-order valence-electron chi connectivity index (χ2n) is 8.63. The van der Waals surface area contributed by atoms with Crippen molar-refractivity contribution in [3.63, 3.8) is 0 Å². The fraction of sp³-hybridized carbons (Fsp3) is 0.423. The van der Waals surface area contributed by atoms with Crippen molar-refractivity contribution in [1.82, 2.24) is 10.6 Å². The summed E-state index contributed by atoms with van der Waals surface area (Å²) >= 11 is 0. The number of carbonyl (C=O) groups excluding carboxylic acids is 2. The minimum atomic E-state index is -1.19. The van der Waals surface area contributed by atoms with Gasteiger partial charge in [0.2, 0.25) is 5.91 Å². The van der Waals surface area contributed by atoms with Crippen LogP contribution in [0, 0.1) is 5.92 Å². The van der Waals surface area contributed by atoms with Crippen molar-refractivity contribution < 1.29 is 24.2 Å². The van der Waals surface area contributed by atoms with E-state index in [4.69, 9.17) is 4.74 Å². The van der Waals surface area contributed by atoms with Crippen LogP contribution in [-0.2, 0) is 14.3 Å². The number of benzene rings is 2. The molecule has 176 valence electrons. The molecule has 0 aromatic heterocycles. The molecule has 2 atom stereocenters. The third-order valence-electron chi connectivity index (χ3n) is 6.83. The first-order valence-corrected chi connectivity index (χ1v) is 11.4. The molecule has 7 heteroatoms. The van der Waals surface area contributed by atoms with Crippen LogP contribution in [0.1, 0.15) is 57.6 Å². The van der Waals surface area contributed by atoms with E-state index < -0.39 is 35.5 Å². The van der Waals surface area contributed by atoms with Crippen LogP contribution in [0.2, 0.25) is 0 Å². The molecule has 2 aromatic carbocycles. The highest BCUT2D eigenvalue weighted by Gasteiger charge is 2.39. The fourth-order valence-corrected chi connectivity index (χ4v) is 4.32. The molecule has 0 spiro atoms. The van der Waals surface area contributed by atoms with E-state index in [2.05, 4.69) is 22.8 Å². The van der Waals surface area contributed by atoms with Crippen LogP contribution < -0.4 is 10.6 Å². The topological polar surface area (TPSA) is 105 Å². The van der Waals surface area contributed by atoms with Gasteiger partial charge in [-0.2, -0.15) is 0 Å². The average molecular weight is 453 g/mol. The molecule has 1 aliphatic carbocycles. The maximum absolute atomic E-state index is 13.0. The van der Waals surface area contributed by atoms with Gasteiger partial charge in [-0.1, -0.05) is 62.4 Å². The second-order valence-corrected chi connectivity index (χ2v) is 8.63. The Bertz CT molecular complexity index is 985. The molecule has 0 bridgehead atoms. The van der Waals surface area contributed by atoms with Crippen molar-refractivity contribution in [3.8, 4) is 11.1 Å².